The van der Waals surface area contributed by atoms with E-state index in [0.29, 0.717) is 5.56 Å². The Balaban J connectivity index is 1.90. The fraction of sp³-hybridized carbons (Fsp3) is 0.0476. The van der Waals surface area contributed by atoms with Crippen LogP contribution in [0.5, 0.6) is 0 Å². The Morgan fingerprint density at radius 3 is 2.24 bits per heavy atom. The number of rotatable bonds is 7. The third-order valence-electron chi connectivity index (χ3n) is 4.44. The molecule has 3 N–H and O–H groups in total. The molecule has 12 heteroatoms. The minimum atomic E-state index is -1.47. The fourth-order valence-corrected chi connectivity index (χ4v) is 3.03. The number of nitrogens with zero attached hydrogens (tertiary/aromatic N) is 2. The fourth-order valence-electron chi connectivity index (χ4n) is 2.84. The summed E-state index contributed by atoms with van der Waals surface area (Å²) in [6.07, 6.45) is -1.47. The molecule has 0 spiro atoms. The number of hydrogen-bond acceptors (Lipinski definition) is 8. The van der Waals surface area contributed by atoms with Gasteiger partial charge in [0.25, 0.3) is 17.3 Å². The highest BCUT2D eigenvalue weighted by Crippen LogP contribution is 2.29. The average molecular weight is 471 g/mol. The van der Waals surface area contributed by atoms with Crippen molar-refractivity contribution < 1.29 is 24.2 Å². The van der Waals surface area contributed by atoms with Crippen LogP contribution in [0.15, 0.2) is 66.7 Å². The summed E-state index contributed by atoms with van der Waals surface area (Å²) in [6, 6.07) is 15.0. The van der Waals surface area contributed by atoms with Crippen molar-refractivity contribution in [3.8, 4) is 0 Å². The maximum atomic E-state index is 13.0. The van der Waals surface area contributed by atoms with Crippen molar-refractivity contribution in [2.24, 2.45) is 0 Å². The Bertz CT molecular complexity index is 1250. The summed E-state index contributed by atoms with van der Waals surface area (Å²) in [5.41, 5.74) is 4.66. The smallest absolute Gasteiger partial charge is 0.339 e. The van der Waals surface area contributed by atoms with E-state index in [-0.39, 0.29) is 22.0 Å². The van der Waals surface area contributed by atoms with E-state index in [4.69, 9.17) is 22.1 Å². The number of nitrogen functional groups attached to an aromatic ring is 1. The van der Waals surface area contributed by atoms with Crippen LogP contribution < -0.4 is 11.1 Å². The first-order valence-corrected chi connectivity index (χ1v) is 9.60. The van der Waals surface area contributed by atoms with E-state index in [1.165, 1.54) is 36.4 Å². The molecule has 0 saturated carbocycles. The number of carbonyl (C=O) groups is 2. The Kier molecular flexibility index (Phi) is 6.84. The first-order chi connectivity index (χ1) is 15.7. The number of ether oxygens (including phenoxy) is 1. The number of halogens is 1. The van der Waals surface area contributed by atoms with Crippen LogP contribution in [0.25, 0.3) is 0 Å². The van der Waals surface area contributed by atoms with Crippen molar-refractivity contribution >= 4 is 46.2 Å². The van der Waals surface area contributed by atoms with Crippen LogP contribution in [0.3, 0.4) is 0 Å². The highest BCUT2D eigenvalue weighted by atomic mass is 35.5. The quantitative estimate of drug-likeness (QED) is 0.223. The molecule has 1 atom stereocenters. The highest BCUT2D eigenvalue weighted by Gasteiger charge is 2.27. The summed E-state index contributed by atoms with van der Waals surface area (Å²) >= 11 is 5.79. The predicted molar refractivity (Wildman–Crippen MR) is 119 cm³/mol. The molecule has 3 rings (SSSR count). The van der Waals surface area contributed by atoms with Crippen molar-refractivity contribution in [1.29, 1.82) is 0 Å². The molecule has 0 bridgehead atoms. The topological polar surface area (TPSA) is 168 Å². The number of esters is 1. The van der Waals surface area contributed by atoms with E-state index in [9.17, 15) is 29.8 Å². The molecule has 3 aromatic rings. The van der Waals surface area contributed by atoms with Gasteiger partial charge in [-0.3, -0.25) is 25.0 Å². The second-order valence-electron chi connectivity index (χ2n) is 6.64. The lowest BCUT2D eigenvalue weighted by molar-refractivity contribution is -0.384. The van der Waals surface area contributed by atoms with Gasteiger partial charge in [-0.25, -0.2) is 4.79 Å². The number of hydrogen-bond donors (Lipinski definition) is 2. The maximum Gasteiger partial charge on any atom is 0.339 e. The molecule has 1 amide bonds. The Hall–Kier alpha value is -4.51. The lowest BCUT2D eigenvalue weighted by Crippen LogP contribution is -2.26. The molecule has 0 radical (unpaired) electrons. The summed E-state index contributed by atoms with van der Waals surface area (Å²) in [5, 5.41) is 24.5. The number of amides is 1. The van der Waals surface area contributed by atoms with Gasteiger partial charge in [0.05, 0.1) is 15.4 Å². The summed E-state index contributed by atoms with van der Waals surface area (Å²) in [6.45, 7) is 0. The SMILES string of the molecule is Nc1ccc(C(=O)OC(C(=O)Nc2ccc(Cl)c([N+](=O)[O-])c2)c2ccccc2)cc1[N+](=O)[O-]. The van der Waals surface area contributed by atoms with Gasteiger partial charge in [-0.2, -0.15) is 0 Å². The number of benzene rings is 3. The van der Waals surface area contributed by atoms with E-state index in [0.717, 1.165) is 12.1 Å². The average Bonchev–Trinajstić information content (AvgIpc) is 2.79. The lowest BCUT2D eigenvalue weighted by Gasteiger charge is -2.18. The third kappa shape index (κ3) is 5.40. The molecule has 0 aliphatic rings. The van der Waals surface area contributed by atoms with E-state index in [2.05, 4.69) is 5.32 Å². The Labute approximate surface area is 191 Å². The van der Waals surface area contributed by atoms with Crippen molar-refractivity contribution in [3.63, 3.8) is 0 Å². The number of nitro groups is 2. The predicted octanol–water partition coefficient (Wildman–Crippen LogP) is 4.28. The molecule has 0 heterocycles. The first-order valence-electron chi connectivity index (χ1n) is 9.22. The van der Waals surface area contributed by atoms with Gasteiger partial charge >= 0.3 is 5.97 Å². The van der Waals surface area contributed by atoms with Gasteiger partial charge < -0.3 is 15.8 Å². The van der Waals surface area contributed by atoms with Crippen LogP contribution >= 0.6 is 11.6 Å². The number of nitrogens with two attached hydrogens (primary N) is 1. The molecule has 0 fully saturated rings. The lowest BCUT2D eigenvalue weighted by atomic mass is 10.1. The molecule has 3 aromatic carbocycles. The van der Waals surface area contributed by atoms with Crippen LogP contribution in [0.2, 0.25) is 5.02 Å². The van der Waals surface area contributed by atoms with E-state index in [1.54, 1.807) is 18.2 Å². The second kappa shape index (κ2) is 9.75. The van der Waals surface area contributed by atoms with Gasteiger partial charge in [-0.15, -0.1) is 0 Å². The zero-order valence-electron chi connectivity index (χ0n) is 16.6. The molecule has 168 valence electrons. The van der Waals surface area contributed by atoms with Gasteiger partial charge in [0, 0.05) is 23.4 Å². The minimum Gasteiger partial charge on any atom is -0.444 e. The molecule has 1 unspecified atom stereocenters. The van der Waals surface area contributed by atoms with E-state index < -0.39 is 39.2 Å². The molecule has 33 heavy (non-hydrogen) atoms. The minimum absolute atomic E-state index is 0.0520. The van der Waals surface area contributed by atoms with E-state index >= 15 is 0 Å². The van der Waals surface area contributed by atoms with Gasteiger partial charge in [0.1, 0.15) is 10.7 Å². The summed E-state index contributed by atoms with van der Waals surface area (Å²) < 4.78 is 5.36. The molecule has 0 aromatic heterocycles. The second-order valence-corrected chi connectivity index (χ2v) is 7.05. The summed E-state index contributed by atoms with van der Waals surface area (Å²) in [5.74, 6) is -1.82. The Morgan fingerprint density at radius 1 is 0.939 bits per heavy atom. The standard InChI is InChI=1S/C21H15ClN4O7/c22-15-8-7-14(11-17(15)25(29)30)24-20(27)19(12-4-2-1-3-5-12)33-21(28)13-6-9-16(23)18(10-13)26(31)32/h1-11,19H,23H2,(H,24,27). The normalized spacial score (nSPS) is 11.3. The van der Waals surface area contributed by atoms with Crippen LogP contribution in [0.1, 0.15) is 22.0 Å². The van der Waals surface area contributed by atoms with Crippen molar-refractivity contribution in [3.05, 3.63) is 103 Å². The van der Waals surface area contributed by atoms with Crippen LogP contribution in [-0.4, -0.2) is 21.7 Å². The van der Waals surface area contributed by atoms with Crippen molar-refractivity contribution in [2.75, 3.05) is 11.1 Å². The van der Waals surface area contributed by atoms with Crippen LogP contribution in [-0.2, 0) is 9.53 Å². The summed E-state index contributed by atoms with van der Waals surface area (Å²) in [4.78, 5) is 46.4. The Morgan fingerprint density at radius 2 is 1.61 bits per heavy atom. The van der Waals surface area contributed by atoms with Gasteiger partial charge in [0.2, 0.25) is 6.10 Å². The summed E-state index contributed by atoms with van der Waals surface area (Å²) in [7, 11) is 0. The van der Waals surface area contributed by atoms with E-state index in [1.807, 2.05) is 0 Å². The van der Waals surface area contributed by atoms with Crippen LogP contribution in [0.4, 0.5) is 22.7 Å². The molecule has 0 aliphatic heterocycles. The van der Waals surface area contributed by atoms with Gasteiger partial charge in [-0.05, 0) is 24.3 Å². The van der Waals surface area contributed by atoms with Crippen molar-refractivity contribution in [2.45, 2.75) is 6.10 Å². The zero-order chi connectivity index (χ0) is 24.1. The van der Waals surface area contributed by atoms with Crippen molar-refractivity contribution in [1.82, 2.24) is 0 Å². The number of anilines is 2. The third-order valence-corrected chi connectivity index (χ3v) is 4.76. The number of nitro benzene ring substituents is 2. The first kappa shape index (κ1) is 23.2. The molecular formula is C21H15ClN4O7. The van der Waals surface area contributed by atoms with Gasteiger partial charge in [-0.1, -0.05) is 41.9 Å². The number of nitrogens with one attached hydrogen (secondary N) is 1. The number of carbonyl (C=O) groups excluding carboxylic acids is 2. The maximum absolute atomic E-state index is 13.0. The molecule has 0 saturated heterocycles. The van der Waals surface area contributed by atoms with Gasteiger partial charge in [0.15, 0.2) is 0 Å². The van der Waals surface area contributed by atoms with Crippen LogP contribution in [0, 0.1) is 20.2 Å². The largest absolute Gasteiger partial charge is 0.444 e. The molecular weight excluding hydrogens is 456 g/mol. The zero-order valence-corrected chi connectivity index (χ0v) is 17.4. The highest BCUT2D eigenvalue weighted by molar-refractivity contribution is 6.32. The molecule has 11 nitrogen and oxygen atoms in total. The monoisotopic (exact) mass is 470 g/mol. The molecule has 0 aliphatic carbocycles.